The van der Waals surface area contributed by atoms with E-state index in [1.54, 1.807) is 18.9 Å². The van der Waals surface area contributed by atoms with Crippen LogP contribution in [0.2, 0.25) is 0 Å². The van der Waals surface area contributed by atoms with Gasteiger partial charge in [-0.05, 0) is 31.6 Å². The first-order valence-electron chi connectivity index (χ1n) is 8.32. The molecule has 0 aliphatic heterocycles. The number of methoxy groups -OCH3 is 1. The van der Waals surface area contributed by atoms with Crippen LogP contribution in [0.15, 0.2) is 0 Å². The van der Waals surface area contributed by atoms with Crippen molar-refractivity contribution < 1.29 is 14.3 Å². The molecule has 1 rings (SSSR count). The Morgan fingerprint density at radius 2 is 1.86 bits per heavy atom. The molecule has 1 fully saturated rings. The van der Waals surface area contributed by atoms with Crippen molar-refractivity contribution >= 4 is 11.9 Å². The van der Waals surface area contributed by atoms with Gasteiger partial charge in [-0.3, -0.25) is 9.59 Å². The summed E-state index contributed by atoms with van der Waals surface area (Å²) in [5, 5.41) is 0. The molecule has 1 atom stereocenters. The summed E-state index contributed by atoms with van der Waals surface area (Å²) in [6, 6.07) is 0. The molecule has 0 aromatic heterocycles. The van der Waals surface area contributed by atoms with Crippen molar-refractivity contribution in [1.82, 2.24) is 4.90 Å². The second-order valence-corrected chi connectivity index (χ2v) is 6.50. The first kappa shape index (κ1) is 18.0. The molecule has 1 aliphatic rings. The number of esters is 1. The molecule has 1 saturated carbocycles. The smallest absolute Gasteiger partial charge is 0.310 e. The summed E-state index contributed by atoms with van der Waals surface area (Å²) in [5.41, 5.74) is 0. The lowest BCUT2D eigenvalue weighted by Crippen LogP contribution is -2.39. The standard InChI is InChI=1S/C17H31NO3/c1-5-6-7-14-8-10-15(11-9-14)16(19)18(3)12-13(2)17(20)21-4/h13-15H,5-12H2,1-4H3. The minimum atomic E-state index is -0.259. The number of hydrogen-bond acceptors (Lipinski definition) is 3. The Morgan fingerprint density at radius 1 is 1.24 bits per heavy atom. The Hall–Kier alpha value is -1.06. The fourth-order valence-electron chi connectivity index (χ4n) is 3.28. The molecule has 1 aliphatic carbocycles. The van der Waals surface area contributed by atoms with Crippen LogP contribution in [0.3, 0.4) is 0 Å². The van der Waals surface area contributed by atoms with Gasteiger partial charge in [-0.1, -0.05) is 33.1 Å². The topological polar surface area (TPSA) is 46.6 Å². The van der Waals surface area contributed by atoms with Gasteiger partial charge in [0.25, 0.3) is 0 Å². The fraction of sp³-hybridized carbons (Fsp3) is 0.882. The van der Waals surface area contributed by atoms with Gasteiger partial charge in [-0.2, -0.15) is 0 Å². The van der Waals surface area contributed by atoms with Gasteiger partial charge >= 0.3 is 5.97 Å². The molecular formula is C17H31NO3. The van der Waals surface area contributed by atoms with E-state index in [0.29, 0.717) is 6.54 Å². The number of hydrogen-bond donors (Lipinski definition) is 0. The third-order valence-electron chi connectivity index (χ3n) is 4.69. The van der Waals surface area contributed by atoms with E-state index in [0.717, 1.165) is 18.8 Å². The number of ether oxygens (including phenoxy) is 1. The largest absolute Gasteiger partial charge is 0.469 e. The van der Waals surface area contributed by atoms with E-state index in [9.17, 15) is 9.59 Å². The van der Waals surface area contributed by atoms with Gasteiger partial charge in [0.15, 0.2) is 0 Å². The zero-order valence-corrected chi connectivity index (χ0v) is 14.1. The number of carbonyl (C=O) groups excluding carboxylic acids is 2. The highest BCUT2D eigenvalue weighted by molar-refractivity contribution is 5.79. The van der Waals surface area contributed by atoms with Gasteiger partial charge in [-0.25, -0.2) is 0 Å². The average molecular weight is 297 g/mol. The molecule has 0 saturated heterocycles. The van der Waals surface area contributed by atoms with Crippen LogP contribution in [0, 0.1) is 17.8 Å². The third kappa shape index (κ3) is 5.68. The molecule has 0 bridgehead atoms. The summed E-state index contributed by atoms with van der Waals surface area (Å²) in [5.74, 6) is 0.647. The van der Waals surface area contributed by atoms with Crippen LogP contribution < -0.4 is 0 Å². The van der Waals surface area contributed by atoms with Gasteiger partial charge in [-0.15, -0.1) is 0 Å². The van der Waals surface area contributed by atoms with Gasteiger partial charge < -0.3 is 9.64 Å². The predicted octanol–water partition coefficient (Wildman–Crippen LogP) is 3.25. The maximum atomic E-state index is 12.4. The summed E-state index contributed by atoms with van der Waals surface area (Å²) in [4.78, 5) is 25.6. The van der Waals surface area contributed by atoms with Crippen molar-refractivity contribution in [3.05, 3.63) is 0 Å². The maximum Gasteiger partial charge on any atom is 0.310 e. The van der Waals surface area contributed by atoms with Gasteiger partial charge in [0.05, 0.1) is 13.0 Å². The van der Waals surface area contributed by atoms with Crippen molar-refractivity contribution in [3.8, 4) is 0 Å². The Labute approximate surface area is 129 Å². The second-order valence-electron chi connectivity index (χ2n) is 6.50. The molecule has 0 aromatic rings. The van der Waals surface area contributed by atoms with Crippen molar-refractivity contribution in [1.29, 1.82) is 0 Å². The molecule has 0 spiro atoms. The molecule has 0 heterocycles. The van der Waals surface area contributed by atoms with Gasteiger partial charge in [0, 0.05) is 19.5 Å². The molecule has 122 valence electrons. The summed E-state index contributed by atoms with van der Waals surface area (Å²) >= 11 is 0. The van der Waals surface area contributed by atoms with Crippen molar-refractivity contribution in [2.75, 3.05) is 20.7 Å². The lowest BCUT2D eigenvalue weighted by atomic mass is 9.79. The van der Waals surface area contributed by atoms with Crippen molar-refractivity contribution in [2.24, 2.45) is 17.8 Å². The molecule has 4 nitrogen and oxygen atoms in total. The highest BCUT2D eigenvalue weighted by Gasteiger charge is 2.29. The number of carbonyl (C=O) groups is 2. The SMILES string of the molecule is CCCCC1CCC(C(=O)N(C)CC(C)C(=O)OC)CC1. The molecule has 21 heavy (non-hydrogen) atoms. The van der Waals surface area contributed by atoms with Crippen molar-refractivity contribution in [3.63, 3.8) is 0 Å². The Morgan fingerprint density at radius 3 is 2.38 bits per heavy atom. The predicted molar refractivity (Wildman–Crippen MR) is 83.8 cm³/mol. The summed E-state index contributed by atoms with van der Waals surface area (Å²) in [6.07, 6.45) is 8.24. The average Bonchev–Trinajstić information content (AvgIpc) is 2.51. The van der Waals surface area contributed by atoms with E-state index in [1.807, 2.05) is 0 Å². The minimum absolute atomic E-state index is 0.151. The third-order valence-corrected chi connectivity index (χ3v) is 4.69. The fourth-order valence-corrected chi connectivity index (χ4v) is 3.28. The van der Waals surface area contributed by atoms with E-state index in [-0.39, 0.29) is 23.7 Å². The highest BCUT2D eigenvalue weighted by atomic mass is 16.5. The van der Waals surface area contributed by atoms with E-state index in [2.05, 4.69) is 6.92 Å². The summed E-state index contributed by atoms with van der Waals surface area (Å²) in [7, 11) is 3.18. The summed E-state index contributed by atoms with van der Waals surface area (Å²) < 4.78 is 4.71. The minimum Gasteiger partial charge on any atom is -0.469 e. The highest BCUT2D eigenvalue weighted by Crippen LogP contribution is 2.32. The number of rotatable bonds is 7. The molecule has 0 radical (unpaired) electrons. The first-order valence-corrected chi connectivity index (χ1v) is 8.32. The Balaban J connectivity index is 2.37. The number of amides is 1. The van der Waals surface area contributed by atoms with Crippen LogP contribution in [0.1, 0.15) is 58.8 Å². The molecule has 1 amide bonds. The Kier molecular flexibility index (Phi) is 7.76. The molecule has 1 unspecified atom stereocenters. The van der Waals surface area contributed by atoms with Crippen LogP contribution >= 0.6 is 0 Å². The van der Waals surface area contributed by atoms with E-state index in [1.165, 1.54) is 39.2 Å². The lowest BCUT2D eigenvalue weighted by molar-refractivity contribution is -0.146. The normalized spacial score (nSPS) is 23.4. The van der Waals surface area contributed by atoms with Gasteiger partial charge in [0.1, 0.15) is 0 Å². The molecule has 0 aromatic carbocycles. The lowest BCUT2D eigenvalue weighted by Gasteiger charge is -2.31. The van der Waals surface area contributed by atoms with Crippen LogP contribution in [0.4, 0.5) is 0 Å². The monoisotopic (exact) mass is 297 g/mol. The number of nitrogens with zero attached hydrogens (tertiary/aromatic N) is 1. The molecular weight excluding hydrogens is 266 g/mol. The van der Waals surface area contributed by atoms with E-state index < -0.39 is 0 Å². The molecule has 4 heteroatoms. The second kappa shape index (κ2) is 9.06. The van der Waals surface area contributed by atoms with Crippen molar-refractivity contribution in [2.45, 2.75) is 58.8 Å². The zero-order chi connectivity index (χ0) is 15.8. The quantitative estimate of drug-likeness (QED) is 0.678. The van der Waals surface area contributed by atoms with Crippen LogP contribution in [-0.2, 0) is 14.3 Å². The Bertz CT molecular complexity index is 335. The van der Waals surface area contributed by atoms with Crippen LogP contribution in [-0.4, -0.2) is 37.5 Å². The van der Waals surface area contributed by atoms with E-state index >= 15 is 0 Å². The number of unbranched alkanes of at least 4 members (excludes halogenated alkanes) is 1. The summed E-state index contributed by atoms with van der Waals surface area (Å²) in [6.45, 7) is 4.48. The van der Waals surface area contributed by atoms with Crippen LogP contribution in [0.25, 0.3) is 0 Å². The first-order chi connectivity index (χ1) is 9.99. The van der Waals surface area contributed by atoms with E-state index in [4.69, 9.17) is 4.74 Å². The molecule has 0 N–H and O–H groups in total. The van der Waals surface area contributed by atoms with Crippen LogP contribution in [0.5, 0.6) is 0 Å². The van der Waals surface area contributed by atoms with Gasteiger partial charge in [0.2, 0.25) is 5.91 Å². The zero-order valence-electron chi connectivity index (χ0n) is 14.1. The maximum absolute atomic E-state index is 12.4.